The number of para-hydroxylation sites is 2. The minimum absolute atomic E-state index is 0.565. The summed E-state index contributed by atoms with van der Waals surface area (Å²) in [5, 5.41) is 13.8. The second kappa shape index (κ2) is 13.0. The maximum atomic E-state index is 9.34. The summed E-state index contributed by atoms with van der Waals surface area (Å²) in [6.07, 6.45) is 1.96. The number of aromatic nitrogens is 3. The monoisotopic (exact) mass is 712 g/mol. The molecule has 0 radical (unpaired) electrons. The van der Waals surface area contributed by atoms with Gasteiger partial charge in [-0.1, -0.05) is 103 Å². The van der Waals surface area contributed by atoms with Crippen LogP contribution in [0.3, 0.4) is 0 Å². The van der Waals surface area contributed by atoms with Crippen LogP contribution in [0.25, 0.3) is 98.2 Å². The summed E-state index contributed by atoms with van der Waals surface area (Å²) in [6, 6.07) is 57.4. The number of nitrogens with zero attached hydrogens (tertiary/aromatic N) is 6. The zero-order valence-electron chi connectivity index (χ0n) is 29.8. The lowest BCUT2D eigenvalue weighted by molar-refractivity contribution is 1.06. The van der Waals surface area contributed by atoms with E-state index in [4.69, 9.17) is 18.1 Å². The summed E-state index contributed by atoms with van der Waals surface area (Å²) in [7, 11) is 0. The third kappa shape index (κ3) is 5.20. The Kier molecular flexibility index (Phi) is 7.53. The summed E-state index contributed by atoms with van der Waals surface area (Å²) >= 11 is 0. The molecule has 0 N–H and O–H groups in total. The van der Waals surface area contributed by atoms with Crippen molar-refractivity contribution in [3.05, 3.63) is 198 Å². The summed E-state index contributed by atoms with van der Waals surface area (Å²) in [4.78, 5) is 12.6. The molecule has 0 amide bonds. The maximum Gasteiger partial charge on any atom is 0.187 e. The van der Waals surface area contributed by atoms with Crippen LogP contribution in [0.2, 0.25) is 0 Å². The van der Waals surface area contributed by atoms with Crippen LogP contribution in [0, 0.1) is 24.5 Å². The van der Waals surface area contributed by atoms with Crippen molar-refractivity contribution >= 4 is 55.0 Å². The van der Waals surface area contributed by atoms with Crippen molar-refractivity contribution in [1.82, 2.24) is 14.1 Å². The molecule has 0 aliphatic carbocycles. The van der Waals surface area contributed by atoms with E-state index < -0.39 is 0 Å². The van der Waals surface area contributed by atoms with Gasteiger partial charge in [0.15, 0.2) is 11.4 Å². The van der Waals surface area contributed by atoms with Crippen LogP contribution in [0.15, 0.2) is 170 Å². The van der Waals surface area contributed by atoms with Crippen molar-refractivity contribution in [2.75, 3.05) is 0 Å². The molecule has 0 unspecified atom stereocenters. The Hall–Kier alpha value is -8.24. The Morgan fingerprint density at radius 2 is 1.02 bits per heavy atom. The highest BCUT2D eigenvalue weighted by Gasteiger charge is 2.20. The Morgan fingerprint density at radius 3 is 1.64 bits per heavy atom. The Morgan fingerprint density at radius 1 is 0.464 bits per heavy atom. The zero-order chi connectivity index (χ0) is 37.8. The van der Waals surface area contributed by atoms with Crippen LogP contribution >= 0.6 is 0 Å². The number of benzene rings is 7. The molecule has 0 atom stereocenters. The number of hydrogen-bond donors (Lipinski definition) is 0. The van der Waals surface area contributed by atoms with Gasteiger partial charge in [0.2, 0.25) is 0 Å². The van der Waals surface area contributed by atoms with Gasteiger partial charge in [-0.15, -0.1) is 0 Å². The van der Waals surface area contributed by atoms with E-state index in [2.05, 4.69) is 122 Å². The predicted octanol–water partition coefficient (Wildman–Crippen LogP) is 13.3. The molecule has 6 heteroatoms. The highest BCUT2D eigenvalue weighted by atomic mass is 15.1. The van der Waals surface area contributed by atoms with E-state index >= 15 is 0 Å². The summed E-state index contributed by atoms with van der Waals surface area (Å²) in [5.41, 5.74) is 13.0. The number of fused-ring (bicyclic) bond motifs is 6. The van der Waals surface area contributed by atoms with Gasteiger partial charge < -0.3 is 4.57 Å². The van der Waals surface area contributed by atoms with E-state index in [9.17, 15) is 5.26 Å². The van der Waals surface area contributed by atoms with Crippen molar-refractivity contribution in [2.45, 2.75) is 0 Å². The predicted molar refractivity (Wildman–Crippen MR) is 226 cm³/mol. The number of hydrogen-bond acceptors (Lipinski definition) is 2. The molecule has 10 rings (SSSR count). The fourth-order valence-corrected chi connectivity index (χ4v) is 7.99. The second-order valence-corrected chi connectivity index (χ2v) is 13.7. The molecule has 3 aromatic heterocycles. The molecule has 7 aromatic carbocycles. The van der Waals surface area contributed by atoms with Gasteiger partial charge in [0.05, 0.1) is 58.7 Å². The van der Waals surface area contributed by atoms with Crippen LogP contribution < -0.4 is 0 Å². The zero-order valence-corrected chi connectivity index (χ0v) is 29.8. The van der Waals surface area contributed by atoms with E-state index in [1.165, 1.54) is 0 Å². The molecule has 0 saturated carbocycles. The normalized spacial score (nSPS) is 11.2. The van der Waals surface area contributed by atoms with Crippen LogP contribution in [-0.4, -0.2) is 14.1 Å². The van der Waals surface area contributed by atoms with E-state index in [1.54, 1.807) is 0 Å². The van der Waals surface area contributed by atoms with Crippen molar-refractivity contribution in [3.63, 3.8) is 0 Å². The van der Waals surface area contributed by atoms with E-state index in [0.717, 1.165) is 88.5 Å². The molecule has 0 bridgehead atoms. The Balaban J connectivity index is 1.20. The van der Waals surface area contributed by atoms with Gasteiger partial charge in [-0.25, -0.2) is 14.7 Å². The first kappa shape index (κ1) is 32.4. The number of nitriles is 1. The van der Waals surface area contributed by atoms with Crippen LogP contribution in [0.1, 0.15) is 5.56 Å². The van der Waals surface area contributed by atoms with E-state index in [1.807, 2.05) is 72.9 Å². The first-order valence-corrected chi connectivity index (χ1v) is 18.2. The quantitative estimate of drug-likeness (QED) is 0.167. The molecular formula is C50H28N6. The largest absolute Gasteiger partial charge is 0.307 e. The summed E-state index contributed by atoms with van der Waals surface area (Å²) in [5.74, 6) is 0.764. The van der Waals surface area contributed by atoms with Crippen LogP contribution in [0.5, 0.6) is 0 Å². The average Bonchev–Trinajstić information content (AvgIpc) is 3.78. The fraction of sp³-hybridized carbons (Fsp3) is 0. The third-order valence-electron chi connectivity index (χ3n) is 10.6. The molecule has 3 heterocycles. The van der Waals surface area contributed by atoms with Crippen molar-refractivity contribution in [3.8, 4) is 51.0 Å². The van der Waals surface area contributed by atoms with Gasteiger partial charge in [-0.2, -0.15) is 5.26 Å². The summed E-state index contributed by atoms with van der Waals surface area (Å²) < 4.78 is 4.50. The number of rotatable bonds is 5. The molecular weight excluding hydrogens is 685 g/mol. The van der Waals surface area contributed by atoms with Crippen LogP contribution in [-0.2, 0) is 0 Å². The topological polar surface area (TPSA) is 55.3 Å². The maximum absolute atomic E-state index is 9.34. The number of pyridine rings is 1. The minimum Gasteiger partial charge on any atom is -0.307 e. The van der Waals surface area contributed by atoms with Crippen LogP contribution in [0.4, 0.5) is 11.4 Å². The van der Waals surface area contributed by atoms with Crippen molar-refractivity contribution in [1.29, 1.82) is 5.26 Å². The molecule has 0 aliphatic heterocycles. The molecule has 6 nitrogen and oxygen atoms in total. The first-order chi connectivity index (χ1) is 27.6. The summed E-state index contributed by atoms with van der Waals surface area (Å²) in [6.45, 7) is 15.2. The third-order valence-corrected chi connectivity index (χ3v) is 10.6. The molecule has 0 spiro atoms. The molecule has 0 saturated heterocycles. The SMILES string of the molecule is [C-]#[N+]c1ccc(-c2ccc3c(c2)c2ccccc2n3-c2cnc(-n3c4ccccc4c4cc(-c5ccc(C#N)cc5)ccc43)cc2-c2cccc([N+]#[C-])c2)cc1. The lowest BCUT2D eigenvalue weighted by Crippen LogP contribution is -2.03. The molecule has 0 fully saturated rings. The first-order valence-electron chi connectivity index (χ1n) is 18.2. The lowest BCUT2D eigenvalue weighted by Gasteiger charge is -2.17. The average molecular weight is 713 g/mol. The highest BCUT2D eigenvalue weighted by molar-refractivity contribution is 6.12. The van der Waals surface area contributed by atoms with Crippen molar-refractivity contribution < 1.29 is 0 Å². The standard InChI is InChI=1S/C50H28N6/c1-52-38-22-18-34(19-23-38)36-20-24-47-43(27-36)40-10-3-5-12-45(40)55(47)49-31-54-50(29-42(49)37-8-7-9-39(26-37)53-2)56-46-13-6-4-11-41(46)44-28-35(21-25-48(44)56)33-16-14-32(30-51)15-17-33/h3-29,31H. The molecule has 0 aliphatic rings. The molecule has 258 valence electrons. The van der Waals surface area contributed by atoms with Gasteiger partial charge in [-0.3, -0.25) is 4.57 Å². The van der Waals surface area contributed by atoms with E-state index in [-0.39, 0.29) is 0 Å². The fourth-order valence-electron chi connectivity index (χ4n) is 7.99. The van der Waals surface area contributed by atoms with Crippen molar-refractivity contribution in [2.24, 2.45) is 0 Å². The Bertz CT molecular complexity index is 3330. The second-order valence-electron chi connectivity index (χ2n) is 13.7. The van der Waals surface area contributed by atoms with Gasteiger partial charge in [-0.05, 0) is 88.5 Å². The minimum atomic E-state index is 0.565. The van der Waals surface area contributed by atoms with Gasteiger partial charge in [0, 0.05) is 27.1 Å². The van der Waals surface area contributed by atoms with Gasteiger partial charge in [0.25, 0.3) is 0 Å². The smallest absolute Gasteiger partial charge is 0.187 e. The van der Waals surface area contributed by atoms with Gasteiger partial charge >= 0.3 is 0 Å². The molecule has 56 heavy (non-hydrogen) atoms. The highest BCUT2D eigenvalue weighted by Crippen LogP contribution is 2.41. The Labute approximate surface area is 322 Å². The van der Waals surface area contributed by atoms with E-state index in [0.29, 0.717) is 16.9 Å². The lowest BCUT2D eigenvalue weighted by atomic mass is 10.0. The van der Waals surface area contributed by atoms with Gasteiger partial charge in [0.1, 0.15) is 5.82 Å². The molecule has 10 aromatic rings.